The second kappa shape index (κ2) is 18.1. The Labute approximate surface area is 306 Å². The number of anilines is 1. The zero-order chi connectivity index (χ0) is 36.1. The molecule has 4 aromatic rings. The summed E-state index contributed by atoms with van der Waals surface area (Å²) in [7, 11) is 0. The molecule has 0 aliphatic carbocycles. The van der Waals surface area contributed by atoms with E-state index in [1.165, 1.54) is 0 Å². The molecule has 2 heterocycles. The summed E-state index contributed by atoms with van der Waals surface area (Å²) in [6.45, 7) is 16.3. The number of nitriles is 1. The number of unbranched alkanes of at least 4 members (excludes halogenated alkanes) is 2. The molecule has 0 spiro atoms. The fraction of sp³-hybridized carbons (Fsp3) is 0.273. The van der Waals surface area contributed by atoms with E-state index >= 15 is 0 Å². The van der Waals surface area contributed by atoms with Crippen LogP contribution < -0.4 is 9.64 Å². The first-order valence-electron chi connectivity index (χ1n) is 17.5. The molecule has 0 radical (unpaired) electrons. The lowest BCUT2D eigenvalue weighted by molar-refractivity contribution is 0.0750. The first kappa shape index (κ1) is 36.9. The predicted molar refractivity (Wildman–Crippen MR) is 210 cm³/mol. The van der Waals surface area contributed by atoms with Crippen LogP contribution in [0.5, 0.6) is 5.75 Å². The van der Waals surface area contributed by atoms with Crippen LogP contribution in [0, 0.1) is 17.9 Å². The average Bonchev–Trinajstić information content (AvgIpc) is 3.75. The number of aliphatic hydroxyl groups excluding tert-OH is 1. The van der Waals surface area contributed by atoms with Crippen molar-refractivity contribution < 1.29 is 14.6 Å². The van der Waals surface area contributed by atoms with Crippen LogP contribution in [0.25, 0.3) is 23.1 Å². The molecule has 6 nitrogen and oxygen atoms in total. The Hall–Kier alpha value is -5.34. The second-order valence-corrected chi connectivity index (χ2v) is 13.8. The quantitative estimate of drug-likeness (QED) is 0.0718. The van der Waals surface area contributed by atoms with Gasteiger partial charge in [0.05, 0.1) is 18.2 Å². The molecule has 3 aromatic carbocycles. The van der Waals surface area contributed by atoms with Crippen molar-refractivity contribution in [2.24, 2.45) is 0 Å². The van der Waals surface area contributed by atoms with Gasteiger partial charge in [0.1, 0.15) is 23.7 Å². The van der Waals surface area contributed by atoms with Crippen molar-refractivity contribution in [3.05, 3.63) is 158 Å². The van der Waals surface area contributed by atoms with Gasteiger partial charge in [-0.15, -0.1) is 11.3 Å². The molecular weight excluding hydrogens is 651 g/mol. The van der Waals surface area contributed by atoms with Crippen molar-refractivity contribution in [1.29, 1.82) is 5.26 Å². The average molecular weight is 696 g/mol. The lowest BCUT2D eigenvalue weighted by Crippen LogP contribution is -2.25. The first-order valence-corrected chi connectivity index (χ1v) is 18.3. The van der Waals surface area contributed by atoms with Crippen LogP contribution in [-0.4, -0.2) is 24.8 Å². The van der Waals surface area contributed by atoms with Gasteiger partial charge in [-0.25, -0.2) is 4.85 Å². The van der Waals surface area contributed by atoms with Crippen molar-refractivity contribution in [2.75, 3.05) is 24.6 Å². The number of allylic oxidation sites excluding steroid dienone is 1. The Bertz CT molecular complexity index is 1980. The topological polar surface area (TPSA) is 70.1 Å². The number of nitrogens with zero attached hydrogens (tertiary/aromatic N) is 3. The molecule has 1 aliphatic heterocycles. The van der Waals surface area contributed by atoms with Crippen LogP contribution in [0.1, 0.15) is 72.9 Å². The zero-order valence-electron chi connectivity index (χ0n) is 29.6. The Morgan fingerprint density at radius 3 is 2.29 bits per heavy atom. The molecule has 0 saturated heterocycles. The summed E-state index contributed by atoms with van der Waals surface area (Å²) < 4.78 is 12.8. The molecular formula is C44H45N3O3S. The number of aliphatic hydroxyl groups is 1. The normalized spacial score (nSPS) is 16.7. The SMILES string of the molecule is [C-]#[N+]C1=C(/C=C/c2ccc(/C=C/c3ccc(N(CCCC)CCCCO)cc3OCc3ccccc3)s2)C(C)(c2ccccc2)O/C1=C(\C)C#N. The minimum Gasteiger partial charge on any atom is -0.489 e. The fourth-order valence-corrected chi connectivity index (χ4v) is 6.83. The molecule has 0 fully saturated rings. The third-order valence-corrected chi connectivity index (χ3v) is 9.96. The van der Waals surface area contributed by atoms with Gasteiger partial charge >= 0.3 is 0 Å². The summed E-state index contributed by atoms with van der Waals surface area (Å²) in [5.41, 5.74) is 4.70. The summed E-state index contributed by atoms with van der Waals surface area (Å²) in [6, 6.07) is 32.8. The molecule has 1 aliphatic rings. The summed E-state index contributed by atoms with van der Waals surface area (Å²) in [4.78, 5) is 8.33. The number of ether oxygens (including phenoxy) is 2. The Balaban J connectivity index is 1.42. The molecule has 1 unspecified atom stereocenters. The molecule has 0 amide bonds. The lowest BCUT2D eigenvalue weighted by Gasteiger charge is -2.28. The monoisotopic (exact) mass is 695 g/mol. The number of benzene rings is 3. The highest BCUT2D eigenvalue weighted by Crippen LogP contribution is 2.47. The van der Waals surface area contributed by atoms with Crippen LogP contribution in [-0.2, 0) is 16.9 Å². The van der Waals surface area contributed by atoms with Crippen LogP contribution >= 0.6 is 11.3 Å². The van der Waals surface area contributed by atoms with Crippen LogP contribution in [0.4, 0.5) is 5.69 Å². The summed E-state index contributed by atoms with van der Waals surface area (Å²) in [5.74, 6) is 1.16. The van der Waals surface area contributed by atoms with E-state index in [1.54, 1.807) is 18.3 Å². The molecule has 1 aromatic heterocycles. The van der Waals surface area contributed by atoms with E-state index in [4.69, 9.17) is 16.0 Å². The molecule has 260 valence electrons. The van der Waals surface area contributed by atoms with Gasteiger partial charge in [-0.3, -0.25) is 0 Å². The maximum absolute atomic E-state index is 9.63. The lowest BCUT2D eigenvalue weighted by atomic mass is 9.87. The number of hydrogen-bond acceptors (Lipinski definition) is 6. The van der Waals surface area contributed by atoms with E-state index in [0.29, 0.717) is 23.6 Å². The van der Waals surface area contributed by atoms with E-state index in [0.717, 1.165) is 82.2 Å². The first-order chi connectivity index (χ1) is 24.9. The van der Waals surface area contributed by atoms with Crippen LogP contribution in [0.3, 0.4) is 0 Å². The van der Waals surface area contributed by atoms with Gasteiger partial charge in [-0.05, 0) is 86.7 Å². The van der Waals surface area contributed by atoms with Crippen molar-refractivity contribution >= 4 is 35.3 Å². The van der Waals surface area contributed by atoms with Gasteiger partial charge in [0.25, 0.3) is 0 Å². The highest BCUT2D eigenvalue weighted by molar-refractivity contribution is 7.13. The standard InChI is InChI=1S/C44H45N3O3S/c1-5-6-27-47(28-13-14-29-48)37-21-19-35(41(30-37)49-32-34-15-9-7-10-16-34)20-22-38-23-24-39(51-38)25-26-40-42(46-4)43(33(2)31-45)50-44(40,3)36-17-11-8-12-18-36/h7-12,15-26,30,48H,5-6,13-14,27-29,32H2,1-3H3/b22-20+,26-25+,43-33+. The van der Waals surface area contributed by atoms with E-state index in [1.807, 2.05) is 67.6 Å². The van der Waals surface area contributed by atoms with Crippen LogP contribution in [0.15, 0.2) is 120 Å². The zero-order valence-corrected chi connectivity index (χ0v) is 30.5. The minimum absolute atomic E-state index is 0.207. The van der Waals surface area contributed by atoms with E-state index < -0.39 is 5.60 Å². The molecule has 5 rings (SSSR count). The van der Waals surface area contributed by atoms with Crippen molar-refractivity contribution in [3.8, 4) is 11.8 Å². The fourth-order valence-electron chi connectivity index (χ4n) is 6.02. The van der Waals surface area contributed by atoms with Gasteiger partial charge in [0, 0.05) is 52.3 Å². The van der Waals surface area contributed by atoms with E-state index in [-0.39, 0.29) is 6.61 Å². The molecule has 51 heavy (non-hydrogen) atoms. The largest absolute Gasteiger partial charge is 0.489 e. The second-order valence-electron chi connectivity index (χ2n) is 12.6. The number of rotatable bonds is 16. The molecule has 1 atom stereocenters. The summed E-state index contributed by atoms with van der Waals surface area (Å²) >= 11 is 1.65. The predicted octanol–water partition coefficient (Wildman–Crippen LogP) is 10.8. The Morgan fingerprint density at radius 2 is 1.63 bits per heavy atom. The van der Waals surface area contributed by atoms with Gasteiger partial charge in [-0.2, -0.15) is 5.26 Å². The third kappa shape index (κ3) is 9.27. The minimum atomic E-state index is -0.904. The Kier molecular flexibility index (Phi) is 13.1. The van der Waals surface area contributed by atoms with E-state index in [2.05, 4.69) is 77.4 Å². The van der Waals surface area contributed by atoms with Crippen molar-refractivity contribution in [2.45, 2.75) is 58.7 Å². The maximum Gasteiger partial charge on any atom is 0.236 e. The van der Waals surface area contributed by atoms with Gasteiger partial charge < -0.3 is 19.5 Å². The smallest absolute Gasteiger partial charge is 0.236 e. The molecule has 0 bridgehead atoms. The highest BCUT2D eigenvalue weighted by Gasteiger charge is 2.43. The molecule has 7 heteroatoms. The summed E-state index contributed by atoms with van der Waals surface area (Å²) in [6.07, 6.45) is 12.1. The molecule has 1 N–H and O–H groups in total. The third-order valence-electron chi connectivity index (χ3n) is 8.94. The van der Waals surface area contributed by atoms with Gasteiger partial charge in [0.15, 0.2) is 0 Å². The Morgan fingerprint density at radius 1 is 0.941 bits per heavy atom. The van der Waals surface area contributed by atoms with Gasteiger partial charge in [-0.1, -0.05) is 80.1 Å². The molecule has 0 saturated carbocycles. The number of hydrogen-bond donors (Lipinski definition) is 1. The van der Waals surface area contributed by atoms with Crippen molar-refractivity contribution in [1.82, 2.24) is 0 Å². The summed E-state index contributed by atoms with van der Waals surface area (Å²) in [5, 5.41) is 19.0. The maximum atomic E-state index is 9.63. The number of thiophene rings is 1. The highest BCUT2D eigenvalue weighted by atomic mass is 32.1. The van der Waals surface area contributed by atoms with Gasteiger partial charge in [0.2, 0.25) is 5.70 Å². The van der Waals surface area contributed by atoms with Crippen LogP contribution in [0.2, 0.25) is 0 Å². The van der Waals surface area contributed by atoms with Crippen molar-refractivity contribution in [3.63, 3.8) is 0 Å². The van der Waals surface area contributed by atoms with E-state index in [9.17, 15) is 10.4 Å².